The van der Waals surface area contributed by atoms with Crippen LogP contribution in [0.1, 0.15) is 15.9 Å². The lowest BCUT2D eigenvalue weighted by molar-refractivity contribution is 0.102. The molecule has 82 valence electrons. The van der Waals surface area contributed by atoms with Crippen molar-refractivity contribution in [1.29, 1.82) is 0 Å². The van der Waals surface area contributed by atoms with Crippen LogP contribution in [0.15, 0.2) is 30.6 Å². The Bertz CT molecular complexity index is 508. The minimum atomic E-state index is -0.209. The van der Waals surface area contributed by atoms with Gasteiger partial charge in [0.25, 0.3) is 5.91 Å². The molecule has 0 aliphatic carbocycles. The molecule has 1 heterocycles. The van der Waals surface area contributed by atoms with Crippen molar-refractivity contribution in [3.8, 4) is 0 Å². The quantitative estimate of drug-likeness (QED) is 0.841. The molecule has 1 aromatic carbocycles. The van der Waals surface area contributed by atoms with Gasteiger partial charge in [0.1, 0.15) is 0 Å². The number of amides is 1. The Labute approximate surface area is 97.6 Å². The average Bonchev–Trinajstić information content (AvgIpc) is 2.78. The van der Waals surface area contributed by atoms with Crippen LogP contribution in [0.2, 0.25) is 5.02 Å². The van der Waals surface area contributed by atoms with Crippen LogP contribution in [0.4, 0.5) is 5.69 Å². The van der Waals surface area contributed by atoms with Crippen LogP contribution in [0, 0.1) is 6.92 Å². The van der Waals surface area contributed by atoms with Gasteiger partial charge in [0, 0.05) is 16.9 Å². The summed E-state index contributed by atoms with van der Waals surface area (Å²) < 4.78 is 0. The summed E-state index contributed by atoms with van der Waals surface area (Å²) in [5.74, 6) is -0.209. The maximum Gasteiger partial charge on any atom is 0.258 e. The first kappa shape index (κ1) is 10.7. The highest BCUT2D eigenvalue weighted by atomic mass is 35.5. The van der Waals surface area contributed by atoms with Crippen molar-refractivity contribution in [2.24, 2.45) is 0 Å². The molecule has 0 spiro atoms. The Kier molecular flexibility index (Phi) is 2.92. The summed E-state index contributed by atoms with van der Waals surface area (Å²) >= 11 is 5.95. The first-order valence-electron chi connectivity index (χ1n) is 4.73. The highest BCUT2D eigenvalue weighted by molar-refractivity contribution is 6.31. The summed E-state index contributed by atoms with van der Waals surface area (Å²) in [6.07, 6.45) is 3.00. The summed E-state index contributed by atoms with van der Waals surface area (Å²) in [5, 5.41) is 9.70. The number of carbonyl (C=O) groups is 1. The number of aromatic nitrogens is 2. The molecule has 2 rings (SSSR count). The maximum atomic E-state index is 11.7. The summed E-state index contributed by atoms with van der Waals surface area (Å²) in [7, 11) is 0. The zero-order valence-electron chi connectivity index (χ0n) is 8.62. The van der Waals surface area contributed by atoms with Crippen LogP contribution in [0.3, 0.4) is 0 Å². The van der Waals surface area contributed by atoms with Crippen molar-refractivity contribution in [3.05, 3.63) is 46.7 Å². The van der Waals surface area contributed by atoms with Crippen molar-refractivity contribution in [2.45, 2.75) is 6.92 Å². The highest BCUT2D eigenvalue weighted by Crippen LogP contribution is 2.23. The van der Waals surface area contributed by atoms with Gasteiger partial charge < -0.3 is 5.32 Å². The fraction of sp³-hybridized carbons (Fsp3) is 0.0909. The molecule has 1 amide bonds. The number of hydrogen-bond acceptors (Lipinski definition) is 2. The number of nitrogens with one attached hydrogen (secondary N) is 2. The number of aromatic amines is 1. The molecule has 0 bridgehead atoms. The smallest absolute Gasteiger partial charge is 0.258 e. The molecule has 16 heavy (non-hydrogen) atoms. The van der Waals surface area contributed by atoms with E-state index in [1.807, 2.05) is 6.92 Å². The van der Waals surface area contributed by atoms with Crippen molar-refractivity contribution >= 4 is 23.2 Å². The van der Waals surface area contributed by atoms with E-state index in [4.69, 9.17) is 11.6 Å². The summed E-state index contributed by atoms with van der Waals surface area (Å²) in [5.41, 5.74) is 2.04. The van der Waals surface area contributed by atoms with Crippen LogP contribution >= 0.6 is 11.6 Å². The molecule has 0 saturated heterocycles. The number of H-pyrrole nitrogens is 1. The topological polar surface area (TPSA) is 57.8 Å². The number of rotatable bonds is 2. The Morgan fingerprint density at radius 3 is 3.00 bits per heavy atom. The average molecular weight is 236 g/mol. The SMILES string of the molecule is Cc1c(Cl)cccc1NC(=O)c1cn[nH]c1. The van der Waals surface area contributed by atoms with Gasteiger partial charge in [-0.05, 0) is 24.6 Å². The molecule has 2 aromatic rings. The van der Waals surface area contributed by atoms with Crippen molar-refractivity contribution < 1.29 is 4.79 Å². The molecular formula is C11H10ClN3O. The van der Waals surface area contributed by atoms with Crippen LogP contribution in [0.5, 0.6) is 0 Å². The molecule has 0 atom stereocenters. The molecule has 0 saturated carbocycles. The van der Waals surface area contributed by atoms with Crippen molar-refractivity contribution in [2.75, 3.05) is 5.32 Å². The van der Waals surface area contributed by atoms with E-state index in [9.17, 15) is 4.79 Å². The second-order valence-corrected chi connectivity index (χ2v) is 3.76. The Morgan fingerprint density at radius 1 is 1.50 bits per heavy atom. The molecule has 1 aromatic heterocycles. The lowest BCUT2D eigenvalue weighted by Crippen LogP contribution is -2.11. The number of nitrogens with zero attached hydrogens (tertiary/aromatic N) is 1. The minimum Gasteiger partial charge on any atom is -0.322 e. The summed E-state index contributed by atoms with van der Waals surface area (Å²) in [6.45, 7) is 1.85. The van der Waals surface area contributed by atoms with Gasteiger partial charge in [-0.15, -0.1) is 0 Å². The zero-order valence-corrected chi connectivity index (χ0v) is 9.38. The van der Waals surface area contributed by atoms with Crippen molar-refractivity contribution in [3.63, 3.8) is 0 Å². The van der Waals surface area contributed by atoms with Gasteiger partial charge in [0.15, 0.2) is 0 Å². The van der Waals surface area contributed by atoms with Crippen LogP contribution in [-0.4, -0.2) is 16.1 Å². The monoisotopic (exact) mass is 235 g/mol. The van der Waals surface area contributed by atoms with E-state index >= 15 is 0 Å². The molecule has 4 nitrogen and oxygen atoms in total. The van der Waals surface area contributed by atoms with Gasteiger partial charge in [-0.1, -0.05) is 17.7 Å². The summed E-state index contributed by atoms with van der Waals surface area (Å²) in [4.78, 5) is 11.7. The lowest BCUT2D eigenvalue weighted by atomic mass is 10.2. The third kappa shape index (κ3) is 2.06. The normalized spacial score (nSPS) is 10.1. The van der Waals surface area contributed by atoms with Gasteiger partial charge in [-0.25, -0.2) is 0 Å². The standard InChI is InChI=1S/C11H10ClN3O/c1-7-9(12)3-2-4-10(7)15-11(16)8-5-13-14-6-8/h2-6H,1H3,(H,13,14)(H,15,16). The van der Waals surface area contributed by atoms with Gasteiger partial charge in [0.2, 0.25) is 0 Å². The molecular weight excluding hydrogens is 226 g/mol. The maximum absolute atomic E-state index is 11.7. The third-order valence-electron chi connectivity index (χ3n) is 2.28. The first-order valence-corrected chi connectivity index (χ1v) is 5.11. The largest absolute Gasteiger partial charge is 0.322 e. The number of halogens is 1. The van der Waals surface area contributed by atoms with E-state index in [0.29, 0.717) is 16.3 Å². The van der Waals surface area contributed by atoms with Gasteiger partial charge in [0.05, 0.1) is 11.8 Å². The molecule has 0 aliphatic heterocycles. The van der Waals surface area contributed by atoms with E-state index in [2.05, 4.69) is 15.5 Å². The van der Waals surface area contributed by atoms with Crippen LogP contribution in [0.25, 0.3) is 0 Å². The van der Waals surface area contributed by atoms with E-state index in [1.165, 1.54) is 12.4 Å². The molecule has 0 radical (unpaired) electrons. The lowest BCUT2D eigenvalue weighted by Gasteiger charge is -2.08. The van der Waals surface area contributed by atoms with E-state index in [0.717, 1.165) is 5.56 Å². The first-order chi connectivity index (χ1) is 7.68. The van der Waals surface area contributed by atoms with Crippen LogP contribution < -0.4 is 5.32 Å². The predicted octanol–water partition coefficient (Wildman–Crippen LogP) is 2.62. The number of carbonyl (C=O) groups excluding carboxylic acids is 1. The third-order valence-corrected chi connectivity index (χ3v) is 2.69. The number of hydrogen-bond donors (Lipinski definition) is 2. The van der Waals surface area contributed by atoms with Gasteiger partial charge in [-0.2, -0.15) is 5.10 Å². The Balaban J connectivity index is 2.22. The second-order valence-electron chi connectivity index (χ2n) is 3.35. The minimum absolute atomic E-state index is 0.209. The fourth-order valence-electron chi connectivity index (χ4n) is 1.31. The molecule has 0 fully saturated rings. The van der Waals surface area contributed by atoms with Crippen molar-refractivity contribution in [1.82, 2.24) is 10.2 Å². The molecule has 0 unspecified atom stereocenters. The number of anilines is 1. The molecule has 2 N–H and O–H groups in total. The summed E-state index contributed by atoms with van der Waals surface area (Å²) in [6, 6.07) is 5.38. The molecule has 5 heteroatoms. The van der Waals surface area contributed by atoms with E-state index in [1.54, 1.807) is 18.2 Å². The van der Waals surface area contributed by atoms with E-state index in [-0.39, 0.29) is 5.91 Å². The van der Waals surface area contributed by atoms with E-state index < -0.39 is 0 Å². The Hall–Kier alpha value is -1.81. The second kappa shape index (κ2) is 4.37. The van der Waals surface area contributed by atoms with Crippen LogP contribution in [-0.2, 0) is 0 Å². The highest BCUT2D eigenvalue weighted by Gasteiger charge is 2.09. The molecule has 0 aliphatic rings. The zero-order chi connectivity index (χ0) is 11.5. The Morgan fingerprint density at radius 2 is 2.31 bits per heavy atom. The number of benzene rings is 1. The predicted molar refractivity (Wildman–Crippen MR) is 62.7 cm³/mol. The fourth-order valence-corrected chi connectivity index (χ4v) is 1.49. The van der Waals surface area contributed by atoms with Gasteiger partial charge >= 0.3 is 0 Å². The van der Waals surface area contributed by atoms with Gasteiger partial charge in [-0.3, -0.25) is 9.89 Å².